The summed E-state index contributed by atoms with van der Waals surface area (Å²) in [4.78, 5) is 0. The van der Waals surface area contributed by atoms with E-state index < -0.39 is 0 Å². The molecule has 0 aromatic heterocycles. The Bertz CT molecular complexity index is 61.1. The number of hydrogen-bond donors (Lipinski definition) is 0. The lowest BCUT2D eigenvalue weighted by Crippen LogP contribution is -1.84. The van der Waals surface area contributed by atoms with Crippen molar-refractivity contribution in [1.82, 2.24) is 0 Å². The molecule has 0 radical (unpaired) electrons. The van der Waals surface area contributed by atoms with Gasteiger partial charge in [-0.3, -0.25) is 0 Å². The number of rotatable bonds is 3. The maximum absolute atomic E-state index is 11.5. The van der Waals surface area contributed by atoms with Gasteiger partial charge in [-0.25, -0.2) is 4.39 Å². The molecule has 0 aromatic rings. The molecule has 0 bridgehead atoms. The zero-order valence-electron chi connectivity index (χ0n) is 4.41. The van der Waals surface area contributed by atoms with E-state index in [4.69, 9.17) is 0 Å². The summed E-state index contributed by atoms with van der Waals surface area (Å²) in [6.45, 7) is 3.09. The summed E-state index contributed by atoms with van der Waals surface area (Å²) in [5.74, 6) is 0.747. The maximum Gasteiger partial charge on any atom is 0.111 e. The maximum atomic E-state index is 11.5. The first-order chi connectivity index (χ1) is 3.31. The van der Waals surface area contributed by atoms with E-state index in [0.717, 1.165) is 5.75 Å². The van der Waals surface area contributed by atoms with Crippen LogP contribution in [0, 0.1) is 0 Å². The Morgan fingerprint density at radius 1 is 1.86 bits per heavy atom. The van der Waals surface area contributed by atoms with Gasteiger partial charge in [-0.2, -0.15) is 11.8 Å². The van der Waals surface area contributed by atoms with Crippen LogP contribution in [0.2, 0.25) is 0 Å². The first-order valence-corrected chi connectivity index (χ1v) is 3.42. The van der Waals surface area contributed by atoms with Crippen molar-refractivity contribution in [3.63, 3.8) is 0 Å². The highest BCUT2D eigenvalue weighted by molar-refractivity contribution is 7.98. The van der Waals surface area contributed by atoms with E-state index in [1.165, 1.54) is 0 Å². The molecular formula is C5H9FS. The van der Waals surface area contributed by atoms with Crippen molar-refractivity contribution in [2.45, 2.75) is 0 Å². The molecule has 7 heavy (non-hydrogen) atoms. The minimum absolute atomic E-state index is 0.374. The standard InChI is InChI=1S/C5H9FS/c1-5(3-6)4-7-2/h1,3-4H2,2H3. The second kappa shape index (κ2) is 4.19. The van der Waals surface area contributed by atoms with Crippen LogP contribution in [-0.2, 0) is 0 Å². The Labute approximate surface area is 47.8 Å². The van der Waals surface area contributed by atoms with Crippen molar-refractivity contribution in [2.24, 2.45) is 0 Å². The number of hydrogen-bond acceptors (Lipinski definition) is 1. The Hall–Kier alpha value is 0.0200. The molecule has 0 atom stereocenters. The van der Waals surface area contributed by atoms with Crippen LogP contribution in [-0.4, -0.2) is 18.7 Å². The molecule has 0 aliphatic rings. The molecule has 0 nitrogen and oxygen atoms in total. The summed E-state index contributed by atoms with van der Waals surface area (Å²) in [5, 5.41) is 0. The zero-order chi connectivity index (χ0) is 5.70. The van der Waals surface area contributed by atoms with Crippen molar-refractivity contribution < 1.29 is 4.39 Å². The van der Waals surface area contributed by atoms with Crippen molar-refractivity contribution in [1.29, 1.82) is 0 Å². The topological polar surface area (TPSA) is 0 Å². The Kier molecular flexibility index (Phi) is 4.20. The smallest absolute Gasteiger partial charge is 0.111 e. The highest BCUT2D eigenvalue weighted by Gasteiger charge is 1.86. The van der Waals surface area contributed by atoms with E-state index in [-0.39, 0.29) is 6.67 Å². The average Bonchev–Trinajstić information content (AvgIpc) is 1.68. The van der Waals surface area contributed by atoms with Gasteiger partial charge in [0.15, 0.2) is 0 Å². The molecule has 0 rings (SSSR count). The van der Waals surface area contributed by atoms with E-state index in [1.807, 2.05) is 6.26 Å². The molecule has 0 aliphatic carbocycles. The minimum atomic E-state index is -0.374. The third-order valence-corrected chi connectivity index (χ3v) is 1.23. The van der Waals surface area contributed by atoms with Gasteiger partial charge in [0.25, 0.3) is 0 Å². The van der Waals surface area contributed by atoms with Crippen LogP contribution in [0.4, 0.5) is 4.39 Å². The SMILES string of the molecule is C=C(CF)CSC. The third kappa shape index (κ3) is 3.86. The fourth-order valence-electron chi connectivity index (χ4n) is 0.243. The van der Waals surface area contributed by atoms with E-state index in [9.17, 15) is 4.39 Å². The summed E-state index contributed by atoms with van der Waals surface area (Å²) < 4.78 is 11.5. The molecule has 42 valence electrons. The molecule has 0 saturated carbocycles. The van der Waals surface area contributed by atoms with Crippen molar-refractivity contribution >= 4 is 11.8 Å². The molecule has 2 heteroatoms. The Balaban J connectivity index is 3.00. The molecule has 0 saturated heterocycles. The molecule has 0 fully saturated rings. The fraction of sp³-hybridized carbons (Fsp3) is 0.600. The van der Waals surface area contributed by atoms with Crippen molar-refractivity contribution in [2.75, 3.05) is 18.7 Å². The van der Waals surface area contributed by atoms with Crippen LogP contribution in [0.25, 0.3) is 0 Å². The van der Waals surface area contributed by atoms with Gasteiger partial charge in [0.2, 0.25) is 0 Å². The lowest BCUT2D eigenvalue weighted by molar-refractivity contribution is 0.545. The van der Waals surface area contributed by atoms with E-state index in [2.05, 4.69) is 6.58 Å². The first kappa shape index (κ1) is 7.02. The van der Waals surface area contributed by atoms with Crippen LogP contribution < -0.4 is 0 Å². The molecular weight excluding hydrogens is 111 g/mol. The van der Waals surface area contributed by atoms with E-state index in [0.29, 0.717) is 5.57 Å². The van der Waals surface area contributed by atoms with Crippen molar-refractivity contribution in [3.05, 3.63) is 12.2 Å². The van der Waals surface area contributed by atoms with Crippen LogP contribution in [0.3, 0.4) is 0 Å². The van der Waals surface area contributed by atoms with Crippen molar-refractivity contribution in [3.8, 4) is 0 Å². The van der Waals surface area contributed by atoms with E-state index in [1.54, 1.807) is 11.8 Å². The molecule has 0 N–H and O–H groups in total. The van der Waals surface area contributed by atoms with Gasteiger partial charge in [-0.1, -0.05) is 6.58 Å². The molecule has 0 amide bonds. The third-order valence-electron chi connectivity index (χ3n) is 0.537. The lowest BCUT2D eigenvalue weighted by atomic mass is 10.4. The van der Waals surface area contributed by atoms with E-state index >= 15 is 0 Å². The summed E-state index contributed by atoms with van der Waals surface area (Å²) in [5.41, 5.74) is 0.674. The predicted molar refractivity (Wildman–Crippen MR) is 33.5 cm³/mol. The lowest BCUT2D eigenvalue weighted by Gasteiger charge is -1.91. The van der Waals surface area contributed by atoms with Gasteiger partial charge in [0.05, 0.1) is 0 Å². The summed E-state index contributed by atoms with van der Waals surface area (Å²) in [6, 6.07) is 0. The Morgan fingerprint density at radius 3 is 2.57 bits per heavy atom. The second-order valence-electron chi connectivity index (χ2n) is 1.32. The number of halogens is 1. The van der Waals surface area contributed by atoms with Crippen LogP contribution in [0.5, 0.6) is 0 Å². The summed E-state index contributed by atoms with van der Waals surface area (Å²) >= 11 is 1.59. The monoisotopic (exact) mass is 120 g/mol. The number of thioether (sulfide) groups is 1. The predicted octanol–water partition coefficient (Wildman–Crippen LogP) is 1.88. The molecule has 0 heterocycles. The molecule has 0 unspecified atom stereocenters. The van der Waals surface area contributed by atoms with Gasteiger partial charge in [-0.05, 0) is 11.8 Å². The van der Waals surface area contributed by atoms with Gasteiger partial charge in [-0.15, -0.1) is 0 Å². The quantitative estimate of drug-likeness (QED) is 0.512. The highest BCUT2D eigenvalue weighted by atomic mass is 32.2. The first-order valence-electron chi connectivity index (χ1n) is 2.02. The van der Waals surface area contributed by atoms with Gasteiger partial charge < -0.3 is 0 Å². The Morgan fingerprint density at radius 2 is 2.43 bits per heavy atom. The molecule has 0 spiro atoms. The number of alkyl halides is 1. The van der Waals surface area contributed by atoms with Gasteiger partial charge in [0.1, 0.15) is 6.67 Å². The highest BCUT2D eigenvalue weighted by Crippen LogP contribution is 2.00. The van der Waals surface area contributed by atoms with Gasteiger partial charge in [0, 0.05) is 5.75 Å². The largest absolute Gasteiger partial charge is 0.246 e. The van der Waals surface area contributed by atoms with Crippen LogP contribution in [0.1, 0.15) is 0 Å². The fourth-order valence-corrected chi connectivity index (χ4v) is 0.728. The molecule has 0 aromatic carbocycles. The summed E-state index contributed by atoms with van der Waals surface area (Å²) in [6.07, 6.45) is 1.93. The normalized spacial score (nSPS) is 8.86. The molecule has 0 aliphatic heterocycles. The minimum Gasteiger partial charge on any atom is -0.246 e. The van der Waals surface area contributed by atoms with Crippen LogP contribution >= 0.6 is 11.8 Å². The zero-order valence-corrected chi connectivity index (χ0v) is 5.22. The average molecular weight is 120 g/mol. The summed E-state index contributed by atoms with van der Waals surface area (Å²) in [7, 11) is 0. The van der Waals surface area contributed by atoms with Gasteiger partial charge >= 0.3 is 0 Å². The second-order valence-corrected chi connectivity index (χ2v) is 2.18. The van der Waals surface area contributed by atoms with Crippen LogP contribution in [0.15, 0.2) is 12.2 Å².